The van der Waals surface area contributed by atoms with E-state index < -0.39 is 0 Å². The number of carbonyl (C=O) groups is 1. The summed E-state index contributed by atoms with van der Waals surface area (Å²) in [5, 5.41) is 2.95. The maximum Gasteiger partial charge on any atom is 0.256 e. The summed E-state index contributed by atoms with van der Waals surface area (Å²) in [7, 11) is 1.65. The van der Waals surface area contributed by atoms with Crippen molar-refractivity contribution >= 4 is 5.91 Å². The molecule has 25 heavy (non-hydrogen) atoms. The van der Waals surface area contributed by atoms with E-state index in [0.29, 0.717) is 43.5 Å². The lowest BCUT2D eigenvalue weighted by atomic mass is 10.1. The average Bonchev–Trinajstić information content (AvgIpc) is 3.43. The minimum absolute atomic E-state index is 0.0568. The Morgan fingerprint density at radius 1 is 1.32 bits per heavy atom. The van der Waals surface area contributed by atoms with Crippen molar-refractivity contribution in [1.29, 1.82) is 0 Å². The van der Waals surface area contributed by atoms with E-state index in [1.165, 1.54) is 18.9 Å². The zero-order valence-corrected chi connectivity index (χ0v) is 15.0. The van der Waals surface area contributed by atoms with Crippen LogP contribution in [0.2, 0.25) is 0 Å². The lowest BCUT2D eigenvalue weighted by Crippen LogP contribution is -2.32. The predicted molar refractivity (Wildman–Crippen MR) is 95.3 cm³/mol. The fraction of sp³-hybridized carbons (Fsp3) is 0.684. The van der Waals surface area contributed by atoms with Gasteiger partial charge in [0.25, 0.3) is 11.5 Å². The van der Waals surface area contributed by atoms with Crippen LogP contribution >= 0.6 is 0 Å². The van der Waals surface area contributed by atoms with Crippen LogP contribution in [0.5, 0.6) is 5.75 Å². The van der Waals surface area contributed by atoms with E-state index in [2.05, 4.69) is 5.32 Å². The normalized spacial score (nSPS) is 16.8. The van der Waals surface area contributed by atoms with Crippen LogP contribution in [0.4, 0.5) is 0 Å². The van der Waals surface area contributed by atoms with Crippen LogP contribution < -0.4 is 15.6 Å². The number of rotatable bonds is 8. The first-order chi connectivity index (χ1) is 12.2. The molecule has 2 aliphatic rings. The fourth-order valence-corrected chi connectivity index (χ4v) is 3.27. The van der Waals surface area contributed by atoms with Gasteiger partial charge in [-0.05, 0) is 44.4 Å². The Kier molecular flexibility index (Phi) is 6.13. The highest BCUT2D eigenvalue weighted by molar-refractivity contribution is 5.98. The molecule has 0 spiro atoms. The number of nitrogens with one attached hydrogen (secondary N) is 1. The maximum absolute atomic E-state index is 12.8. The van der Waals surface area contributed by atoms with Crippen molar-refractivity contribution in [1.82, 2.24) is 9.88 Å². The molecule has 1 saturated carbocycles. The number of amides is 1. The molecule has 0 unspecified atom stereocenters. The van der Waals surface area contributed by atoms with E-state index >= 15 is 0 Å². The van der Waals surface area contributed by atoms with Crippen LogP contribution in [0.1, 0.15) is 54.6 Å². The van der Waals surface area contributed by atoms with Crippen molar-refractivity contribution < 1.29 is 14.3 Å². The Balaban J connectivity index is 1.87. The number of carbonyl (C=O) groups excluding carboxylic acids is 1. The molecule has 0 saturated heterocycles. The van der Waals surface area contributed by atoms with Crippen molar-refractivity contribution in [2.24, 2.45) is 5.92 Å². The molecule has 1 amide bonds. The number of fused-ring (bicyclic) bond motifs is 1. The van der Waals surface area contributed by atoms with Crippen LogP contribution in [0.25, 0.3) is 0 Å². The first-order valence-corrected chi connectivity index (χ1v) is 9.37. The van der Waals surface area contributed by atoms with Gasteiger partial charge in [0.05, 0.1) is 6.61 Å². The molecule has 3 rings (SSSR count). The van der Waals surface area contributed by atoms with Crippen molar-refractivity contribution in [2.75, 3.05) is 26.9 Å². The highest BCUT2D eigenvalue weighted by Gasteiger charge is 2.26. The molecule has 6 nitrogen and oxygen atoms in total. The highest BCUT2D eigenvalue weighted by Crippen LogP contribution is 2.31. The van der Waals surface area contributed by atoms with Crippen LogP contribution in [0.15, 0.2) is 10.9 Å². The number of ether oxygens (including phenoxy) is 2. The topological polar surface area (TPSA) is 69.6 Å². The summed E-state index contributed by atoms with van der Waals surface area (Å²) in [6.07, 6.45) is 6.89. The number of nitrogens with zero attached hydrogens (tertiary/aromatic N) is 1. The van der Waals surface area contributed by atoms with Gasteiger partial charge in [0.1, 0.15) is 11.3 Å². The molecule has 6 heteroatoms. The van der Waals surface area contributed by atoms with Gasteiger partial charge < -0.3 is 19.4 Å². The van der Waals surface area contributed by atoms with Gasteiger partial charge in [-0.25, -0.2) is 0 Å². The van der Waals surface area contributed by atoms with Crippen molar-refractivity contribution in [3.63, 3.8) is 0 Å². The summed E-state index contributed by atoms with van der Waals surface area (Å²) in [5.41, 5.74) is 1.33. The summed E-state index contributed by atoms with van der Waals surface area (Å²) in [4.78, 5) is 25.3. The smallest absolute Gasteiger partial charge is 0.256 e. The van der Waals surface area contributed by atoms with Gasteiger partial charge in [-0.2, -0.15) is 0 Å². The molecule has 1 aromatic rings. The largest absolute Gasteiger partial charge is 0.492 e. The van der Waals surface area contributed by atoms with Gasteiger partial charge in [0.2, 0.25) is 0 Å². The monoisotopic (exact) mass is 348 g/mol. The molecule has 1 fully saturated rings. The zero-order valence-electron chi connectivity index (χ0n) is 15.0. The fourth-order valence-electron chi connectivity index (χ4n) is 3.27. The third kappa shape index (κ3) is 4.63. The van der Waals surface area contributed by atoms with E-state index in [0.717, 1.165) is 37.8 Å². The minimum Gasteiger partial charge on any atom is -0.492 e. The first kappa shape index (κ1) is 18.0. The molecule has 2 heterocycles. The van der Waals surface area contributed by atoms with E-state index in [4.69, 9.17) is 9.47 Å². The number of aromatic nitrogens is 1. The maximum atomic E-state index is 12.8. The molecule has 0 aromatic carbocycles. The Morgan fingerprint density at radius 3 is 2.92 bits per heavy atom. The van der Waals surface area contributed by atoms with Crippen molar-refractivity contribution in [2.45, 2.75) is 51.5 Å². The third-order valence-electron chi connectivity index (χ3n) is 4.89. The third-order valence-corrected chi connectivity index (χ3v) is 4.89. The number of hydrogen-bond acceptors (Lipinski definition) is 4. The van der Waals surface area contributed by atoms with E-state index in [1.54, 1.807) is 11.7 Å². The quantitative estimate of drug-likeness (QED) is 0.731. The first-order valence-electron chi connectivity index (χ1n) is 9.37. The molecule has 1 N–H and O–H groups in total. The summed E-state index contributed by atoms with van der Waals surface area (Å²) < 4.78 is 12.7. The van der Waals surface area contributed by atoms with Gasteiger partial charge in [-0.15, -0.1) is 0 Å². The lowest BCUT2D eigenvalue weighted by molar-refractivity contribution is 0.0942. The Labute approximate surface area is 148 Å². The van der Waals surface area contributed by atoms with E-state index in [9.17, 15) is 9.59 Å². The second-order valence-corrected chi connectivity index (χ2v) is 6.99. The number of pyridine rings is 1. The molecule has 1 aromatic heterocycles. The molecule has 1 aliphatic heterocycles. The van der Waals surface area contributed by atoms with Gasteiger partial charge in [0, 0.05) is 38.6 Å². The van der Waals surface area contributed by atoms with E-state index in [1.807, 2.05) is 0 Å². The SMILES string of the molecule is COCCCNC(=O)c1c(OCC2CC2)cc(=O)n2c1CCCCC2. The lowest BCUT2D eigenvalue weighted by Gasteiger charge is -2.18. The Bertz CT molecular complexity index is 664. The Morgan fingerprint density at radius 2 is 2.16 bits per heavy atom. The minimum atomic E-state index is -0.146. The average molecular weight is 348 g/mol. The molecular formula is C19H28N2O4. The van der Waals surface area contributed by atoms with Gasteiger partial charge in [0.15, 0.2) is 0 Å². The highest BCUT2D eigenvalue weighted by atomic mass is 16.5. The van der Waals surface area contributed by atoms with Crippen LogP contribution in [-0.2, 0) is 17.7 Å². The zero-order chi connectivity index (χ0) is 17.6. The second kappa shape index (κ2) is 8.52. The molecular weight excluding hydrogens is 320 g/mol. The van der Waals surface area contributed by atoms with Gasteiger partial charge in [-0.1, -0.05) is 6.42 Å². The summed E-state index contributed by atoms with van der Waals surface area (Å²) >= 11 is 0. The standard InChI is InChI=1S/C19H28N2O4/c1-24-11-5-9-20-19(23)18-15-6-3-2-4-10-21(15)17(22)12-16(18)25-13-14-7-8-14/h12,14H,2-11,13H2,1H3,(H,20,23). The molecule has 0 bridgehead atoms. The van der Waals surface area contributed by atoms with Gasteiger partial charge in [-0.3, -0.25) is 9.59 Å². The summed E-state index contributed by atoms with van der Waals surface area (Å²) in [6, 6.07) is 1.50. The molecule has 0 radical (unpaired) electrons. The van der Waals surface area contributed by atoms with Crippen LogP contribution in [-0.4, -0.2) is 37.3 Å². The second-order valence-electron chi connectivity index (χ2n) is 6.99. The van der Waals surface area contributed by atoms with Gasteiger partial charge >= 0.3 is 0 Å². The predicted octanol–water partition coefficient (Wildman–Crippen LogP) is 2.13. The van der Waals surface area contributed by atoms with Crippen molar-refractivity contribution in [3.8, 4) is 5.75 Å². The van der Waals surface area contributed by atoms with Crippen LogP contribution in [0.3, 0.4) is 0 Å². The van der Waals surface area contributed by atoms with Crippen molar-refractivity contribution in [3.05, 3.63) is 27.7 Å². The number of hydrogen-bond donors (Lipinski definition) is 1. The summed E-state index contributed by atoms with van der Waals surface area (Å²) in [5.74, 6) is 0.876. The van der Waals surface area contributed by atoms with E-state index in [-0.39, 0.29) is 11.5 Å². The molecule has 0 atom stereocenters. The number of methoxy groups -OCH3 is 1. The molecule has 1 aliphatic carbocycles. The Hall–Kier alpha value is -1.82. The van der Waals surface area contributed by atoms with Crippen LogP contribution in [0, 0.1) is 5.92 Å². The molecule has 138 valence electrons. The summed E-state index contributed by atoms with van der Waals surface area (Å²) in [6.45, 7) is 2.43.